The van der Waals surface area contributed by atoms with Crippen LogP contribution in [-0.2, 0) is 4.79 Å². The van der Waals surface area contributed by atoms with E-state index in [0.717, 1.165) is 45.0 Å². The summed E-state index contributed by atoms with van der Waals surface area (Å²) in [5, 5.41) is 7.12. The average molecular weight is 450 g/mol. The molecule has 7 heteroatoms. The van der Waals surface area contributed by atoms with Gasteiger partial charge in [-0.15, -0.1) is 0 Å². The fourth-order valence-corrected chi connectivity index (χ4v) is 3.91. The third-order valence-corrected chi connectivity index (χ3v) is 5.49. The number of benzene rings is 3. The van der Waals surface area contributed by atoms with Crippen LogP contribution < -0.4 is 15.4 Å². The second-order valence-electron chi connectivity index (χ2n) is 7.78. The summed E-state index contributed by atoms with van der Waals surface area (Å²) < 4.78 is 7.37. The van der Waals surface area contributed by atoms with Crippen molar-refractivity contribution in [2.24, 2.45) is 0 Å². The molecule has 0 unspecified atom stereocenters. The Labute approximate surface area is 197 Å². The number of ether oxygens (including phenoxy) is 1. The molecule has 0 atom stereocenters. The first kappa shape index (κ1) is 21.2. The van der Waals surface area contributed by atoms with Crippen LogP contribution in [0.3, 0.4) is 0 Å². The fraction of sp³-hybridized carbons (Fsp3) is 0.0741. The number of nitrogens with one attached hydrogen (secondary N) is 2. The van der Waals surface area contributed by atoms with Crippen molar-refractivity contribution in [1.29, 1.82) is 0 Å². The van der Waals surface area contributed by atoms with Crippen LogP contribution in [0.25, 0.3) is 27.8 Å². The lowest BCUT2D eigenvalue weighted by Crippen LogP contribution is -2.05. The summed E-state index contributed by atoms with van der Waals surface area (Å²) in [5.74, 6) is 1.39. The zero-order valence-corrected chi connectivity index (χ0v) is 18.8. The Balaban J connectivity index is 1.62. The Kier molecular flexibility index (Phi) is 5.66. The van der Waals surface area contributed by atoms with Gasteiger partial charge in [0, 0.05) is 35.7 Å². The molecule has 0 spiro atoms. The minimum Gasteiger partial charge on any atom is -0.497 e. The molecule has 168 valence electrons. The molecule has 34 heavy (non-hydrogen) atoms. The van der Waals surface area contributed by atoms with Gasteiger partial charge in [0.15, 0.2) is 5.65 Å². The summed E-state index contributed by atoms with van der Waals surface area (Å²) in [4.78, 5) is 20.5. The van der Waals surface area contributed by atoms with Gasteiger partial charge in [0.1, 0.15) is 17.9 Å². The number of aromatic nitrogens is 3. The van der Waals surface area contributed by atoms with Gasteiger partial charge >= 0.3 is 0 Å². The van der Waals surface area contributed by atoms with Crippen LogP contribution in [0.5, 0.6) is 5.75 Å². The monoisotopic (exact) mass is 449 g/mol. The normalized spacial score (nSPS) is 10.8. The van der Waals surface area contributed by atoms with Crippen LogP contribution in [0.15, 0.2) is 91.4 Å². The highest BCUT2D eigenvalue weighted by molar-refractivity contribution is 6.03. The molecule has 5 rings (SSSR count). The third kappa shape index (κ3) is 4.19. The van der Waals surface area contributed by atoms with Crippen molar-refractivity contribution in [1.82, 2.24) is 14.5 Å². The number of hydrogen-bond donors (Lipinski definition) is 2. The van der Waals surface area contributed by atoms with Gasteiger partial charge in [-0.05, 0) is 54.1 Å². The highest BCUT2D eigenvalue weighted by Gasteiger charge is 2.17. The molecule has 0 aliphatic rings. The first-order valence-electron chi connectivity index (χ1n) is 10.8. The van der Waals surface area contributed by atoms with Crippen LogP contribution in [0.4, 0.5) is 17.2 Å². The Morgan fingerprint density at radius 3 is 2.26 bits per heavy atom. The number of rotatable bonds is 6. The number of carbonyl (C=O) groups excluding carboxylic acids is 1. The molecule has 0 bridgehead atoms. The van der Waals surface area contributed by atoms with Crippen LogP contribution in [0, 0.1) is 0 Å². The number of amides is 1. The average Bonchev–Trinajstić information content (AvgIpc) is 3.26. The molecule has 5 aromatic rings. The van der Waals surface area contributed by atoms with E-state index in [4.69, 9.17) is 4.74 Å². The smallest absolute Gasteiger partial charge is 0.221 e. The molecule has 0 fully saturated rings. The molecular formula is C27H23N5O2. The second-order valence-corrected chi connectivity index (χ2v) is 7.78. The standard InChI is InChI=1S/C27H23N5O2/c1-18(33)30-20-8-10-21(11-9-20)31-26-25-24(19-6-4-3-5-7-19)16-32(27(25)29-17-28-26)22-12-14-23(34-2)15-13-22/h3-17H,1-2H3,(H,30,33)(H,28,29,31). The van der Waals surface area contributed by atoms with E-state index < -0.39 is 0 Å². The van der Waals surface area contributed by atoms with E-state index in [1.54, 1.807) is 13.4 Å². The maximum absolute atomic E-state index is 11.3. The zero-order valence-electron chi connectivity index (χ0n) is 18.8. The summed E-state index contributed by atoms with van der Waals surface area (Å²) in [6.07, 6.45) is 3.65. The van der Waals surface area contributed by atoms with Crippen molar-refractivity contribution in [2.45, 2.75) is 6.92 Å². The summed E-state index contributed by atoms with van der Waals surface area (Å²) in [6, 6.07) is 25.6. The molecule has 3 aromatic carbocycles. The Bertz CT molecular complexity index is 1440. The number of methoxy groups -OCH3 is 1. The lowest BCUT2D eigenvalue weighted by Gasteiger charge is -2.10. The maximum Gasteiger partial charge on any atom is 0.221 e. The van der Waals surface area contributed by atoms with Gasteiger partial charge in [0.05, 0.1) is 12.5 Å². The van der Waals surface area contributed by atoms with Gasteiger partial charge in [-0.1, -0.05) is 30.3 Å². The van der Waals surface area contributed by atoms with E-state index in [1.807, 2.05) is 66.7 Å². The van der Waals surface area contributed by atoms with Crippen LogP contribution in [0.2, 0.25) is 0 Å². The SMILES string of the molecule is COc1ccc(-n2cc(-c3ccccc3)c3c(Nc4ccc(NC(C)=O)cc4)ncnc32)cc1. The lowest BCUT2D eigenvalue weighted by molar-refractivity contribution is -0.114. The van der Waals surface area contributed by atoms with Crippen molar-refractivity contribution in [3.63, 3.8) is 0 Å². The molecule has 2 heterocycles. The van der Waals surface area contributed by atoms with E-state index in [2.05, 4.69) is 43.5 Å². The number of carbonyl (C=O) groups is 1. The van der Waals surface area contributed by atoms with Gasteiger partial charge in [0.25, 0.3) is 0 Å². The third-order valence-electron chi connectivity index (χ3n) is 5.49. The molecular weight excluding hydrogens is 426 g/mol. The van der Waals surface area contributed by atoms with Crippen molar-refractivity contribution in [3.8, 4) is 22.6 Å². The highest BCUT2D eigenvalue weighted by atomic mass is 16.5. The van der Waals surface area contributed by atoms with Crippen molar-refractivity contribution < 1.29 is 9.53 Å². The molecule has 1 amide bonds. The van der Waals surface area contributed by atoms with E-state index in [9.17, 15) is 4.79 Å². The lowest BCUT2D eigenvalue weighted by atomic mass is 10.1. The molecule has 0 saturated heterocycles. The second kappa shape index (κ2) is 9.07. The van der Waals surface area contributed by atoms with Gasteiger partial charge in [-0.2, -0.15) is 0 Å². The molecule has 0 saturated carbocycles. The minimum absolute atomic E-state index is 0.106. The molecule has 0 aliphatic heterocycles. The maximum atomic E-state index is 11.3. The van der Waals surface area contributed by atoms with E-state index in [0.29, 0.717) is 5.82 Å². The summed E-state index contributed by atoms with van der Waals surface area (Å²) in [5.41, 5.74) is 5.43. The first-order valence-corrected chi connectivity index (χ1v) is 10.8. The highest BCUT2D eigenvalue weighted by Crippen LogP contribution is 2.36. The van der Waals surface area contributed by atoms with Crippen LogP contribution in [0.1, 0.15) is 6.92 Å². The largest absolute Gasteiger partial charge is 0.497 e. The number of hydrogen-bond acceptors (Lipinski definition) is 5. The fourth-order valence-electron chi connectivity index (χ4n) is 3.91. The van der Waals surface area contributed by atoms with Gasteiger partial charge in [-0.3, -0.25) is 4.79 Å². The molecule has 0 radical (unpaired) electrons. The summed E-state index contributed by atoms with van der Waals surface area (Å²) in [6.45, 7) is 1.49. The summed E-state index contributed by atoms with van der Waals surface area (Å²) >= 11 is 0. The van der Waals surface area contributed by atoms with Gasteiger partial charge < -0.3 is 19.9 Å². The van der Waals surface area contributed by atoms with Crippen molar-refractivity contribution in [3.05, 3.63) is 91.4 Å². The van der Waals surface area contributed by atoms with E-state index in [-0.39, 0.29) is 5.91 Å². The van der Waals surface area contributed by atoms with Crippen LogP contribution >= 0.6 is 0 Å². The Morgan fingerprint density at radius 1 is 0.882 bits per heavy atom. The molecule has 2 N–H and O–H groups in total. The van der Waals surface area contributed by atoms with Crippen molar-refractivity contribution >= 4 is 34.1 Å². The molecule has 0 aliphatic carbocycles. The molecule has 7 nitrogen and oxygen atoms in total. The summed E-state index contributed by atoms with van der Waals surface area (Å²) in [7, 11) is 1.65. The quantitative estimate of drug-likeness (QED) is 0.343. The zero-order chi connectivity index (χ0) is 23.5. The topological polar surface area (TPSA) is 81.1 Å². The number of nitrogens with zero attached hydrogens (tertiary/aromatic N) is 3. The van der Waals surface area contributed by atoms with Gasteiger partial charge in [-0.25, -0.2) is 9.97 Å². The minimum atomic E-state index is -0.106. The van der Waals surface area contributed by atoms with Crippen molar-refractivity contribution in [2.75, 3.05) is 17.7 Å². The van der Waals surface area contributed by atoms with E-state index in [1.165, 1.54) is 6.92 Å². The van der Waals surface area contributed by atoms with Gasteiger partial charge in [0.2, 0.25) is 5.91 Å². The Hall–Kier alpha value is -4.65. The molecule has 2 aromatic heterocycles. The predicted octanol–water partition coefficient (Wildman–Crippen LogP) is 5.80. The number of anilines is 3. The van der Waals surface area contributed by atoms with Crippen LogP contribution in [-0.4, -0.2) is 27.6 Å². The predicted molar refractivity (Wildman–Crippen MR) is 135 cm³/mol. The number of fused-ring (bicyclic) bond motifs is 1. The first-order chi connectivity index (χ1) is 16.6. The Morgan fingerprint density at radius 2 is 1.59 bits per heavy atom. The van der Waals surface area contributed by atoms with E-state index >= 15 is 0 Å².